The molecule has 3 nitrogen and oxygen atoms in total. The Bertz CT molecular complexity index is 162. The summed E-state index contributed by atoms with van der Waals surface area (Å²) < 4.78 is 10.8. The lowest BCUT2D eigenvalue weighted by atomic mass is 10.6. The van der Waals surface area contributed by atoms with Crippen LogP contribution in [0.25, 0.3) is 0 Å². The molecule has 0 aromatic heterocycles. The maximum Gasteiger partial charge on any atom is 0.420 e. The SMILES string of the molecule is CCC[Si]1(C)O[SiH](C#N)O1. The normalized spacial score (nSPS) is 38.3. The summed E-state index contributed by atoms with van der Waals surface area (Å²) in [4.78, 5) is 0. The number of nitriles is 1. The second-order valence-corrected chi connectivity index (χ2v) is 8.16. The quantitative estimate of drug-likeness (QED) is 0.580. The van der Waals surface area contributed by atoms with Gasteiger partial charge in [0.15, 0.2) is 0 Å². The number of nitrogens with zero attached hydrogens (tertiary/aromatic N) is 1. The molecule has 0 aromatic rings. The smallest absolute Gasteiger partial charge is 0.407 e. The van der Waals surface area contributed by atoms with E-state index < -0.39 is 17.8 Å². The standard InChI is InChI=1S/C5H11NO2Si2/c1-3-4-10(2)7-9(5-6)8-10/h9H,3-4H2,1-2H3. The van der Waals surface area contributed by atoms with Gasteiger partial charge in [-0.3, -0.25) is 0 Å². The maximum absolute atomic E-state index is 8.37. The van der Waals surface area contributed by atoms with Crippen molar-refractivity contribution in [3.05, 3.63) is 0 Å². The molecular formula is C5H11NO2Si2. The van der Waals surface area contributed by atoms with Crippen LogP contribution in [0.4, 0.5) is 0 Å². The monoisotopic (exact) mass is 173 g/mol. The maximum atomic E-state index is 8.37. The van der Waals surface area contributed by atoms with Crippen molar-refractivity contribution in [1.82, 2.24) is 0 Å². The van der Waals surface area contributed by atoms with Gasteiger partial charge in [0.2, 0.25) is 0 Å². The first kappa shape index (κ1) is 7.95. The molecule has 1 rings (SSSR count). The van der Waals surface area contributed by atoms with Crippen molar-refractivity contribution in [2.45, 2.75) is 25.9 Å². The molecule has 56 valence electrons. The van der Waals surface area contributed by atoms with Crippen molar-refractivity contribution in [2.75, 3.05) is 0 Å². The molecule has 0 spiro atoms. The van der Waals surface area contributed by atoms with Gasteiger partial charge in [0, 0.05) is 0 Å². The second kappa shape index (κ2) is 2.84. The molecule has 1 aliphatic rings. The van der Waals surface area contributed by atoms with Crippen LogP contribution in [0, 0.1) is 11.0 Å². The van der Waals surface area contributed by atoms with Crippen LogP contribution in [-0.4, -0.2) is 17.8 Å². The Kier molecular flexibility index (Phi) is 2.26. The van der Waals surface area contributed by atoms with Crippen LogP contribution in [-0.2, 0) is 8.23 Å². The van der Waals surface area contributed by atoms with E-state index in [1.54, 1.807) is 0 Å². The highest BCUT2D eigenvalue weighted by atomic mass is 28.5. The fraction of sp³-hybridized carbons (Fsp3) is 0.800. The van der Waals surface area contributed by atoms with Crippen molar-refractivity contribution in [2.24, 2.45) is 0 Å². The molecule has 0 aromatic carbocycles. The number of hydrogen-bond acceptors (Lipinski definition) is 3. The average molecular weight is 173 g/mol. The third-order valence-electron chi connectivity index (χ3n) is 1.52. The van der Waals surface area contributed by atoms with E-state index in [1.807, 2.05) is 12.2 Å². The molecule has 0 aliphatic carbocycles. The first-order valence-electron chi connectivity index (χ1n) is 3.45. The van der Waals surface area contributed by atoms with Crippen molar-refractivity contribution >= 4 is 17.8 Å². The van der Waals surface area contributed by atoms with Crippen molar-refractivity contribution < 1.29 is 8.23 Å². The molecule has 10 heavy (non-hydrogen) atoms. The molecule has 1 saturated heterocycles. The highest BCUT2D eigenvalue weighted by Crippen LogP contribution is 2.26. The molecule has 0 atom stereocenters. The Labute approximate surface area is 63.7 Å². The molecule has 0 bridgehead atoms. The number of hydrogen-bond donors (Lipinski definition) is 0. The van der Waals surface area contributed by atoms with Gasteiger partial charge >= 0.3 is 17.8 Å². The van der Waals surface area contributed by atoms with Gasteiger partial charge in [-0.1, -0.05) is 13.3 Å². The molecule has 5 heteroatoms. The van der Waals surface area contributed by atoms with Crippen LogP contribution in [0.15, 0.2) is 0 Å². The van der Waals surface area contributed by atoms with Crippen molar-refractivity contribution in [3.63, 3.8) is 0 Å². The predicted octanol–water partition coefficient (Wildman–Crippen LogP) is 0.798. The minimum absolute atomic E-state index is 1.03. The second-order valence-electron chi connectivity index (χ2n) is 2.58. The first-order chi connectivity index (χ1) is 4.70. The van der Waals surface area contributed by atoms with E-state index in [9.17, 15) is 0 Å². The van der Waals surface area contributed by atoms with Gasteiger partial charge in [-0.05, 0) is 12.6 Å². The molecule has 0 saturated carbocycles. The Balaban J connectivity index is 2.29. The molecule has 0 amide bonds. The van der Waals surface area contributed by atoms with Gasteiger partial charge in [-0.15, -0.1) is 0 Å². The molecule has 0 unspecified atom stereocenters. The van der Waals surface area contributed by atoms with Gasteiger partial charge in [0.1, 0.15) is 0 Å². The van der Waals surface area contributed by atoms with Crippen molar-refractivity contribution in [1.29, 1.82) is 5.26 Å². The fourth-order valence-corrected chi connectivity index (χ4v) is 7.05. The highest BCUT2D eigenvalue weighted by Gasteiger charge is 2.46. The summed E-state index contributed by atoms with van der Waals surface area (Å²) >= 11 is 0. The summed E-state index contributed by atoms with van der Waals surface area (Å²) in [5, 5.41) is 8.37. The Morgan fingerprint density at radius 2 is 2.20 bits per heavy atom. The molecule has 1 heterocycles. The lowest BCUT2D eigenvalue weighted by Gasteiger charge is -2.39. The zero-order valence-corrected chi connectivity index (χ0v) is 8.41. The summed E-state index contributed by atoms with van der Waals surface area (Å²) in [6.45, 7) is 4.13. The van der Waals surface area contributed by atoms with Crippen LogP contribution in [0.2, 0.25) is 12.6 Å². The lowest BCUT2D eigenvalue weighted by molar-refractivity contribution is 0.262. The van der Waals surface area contributed by atoms with Gasteiger partial charge in [0.05, 0.1) is 5.69 Å². The molecule has 1 fully saturated rings. The van der Waals surface area contributed by atoms with Crippen LogP contribution in [0.3, 0.4) is 0 Å². The highest BCUT2D eigenvalue weighted by molar-refractivity contribution is 6.87. The van der Waals surface area contributed by atoms with E-state index in [2.05, 4.69) is 6.92 Å². The summed E-state index contributed by atoms with van der Waals surface area (Å²) in [5.74, 6) is 0. The topological polar surface area (TPSA) is 42.2 Å². The third-order valence-corrected chi connectivity index (χ3v) is 8.84. The Morgan fingerprint density at radius 1 is 1.60 bits per heavy atom. The predicted molar refractivity (Wildman–Crippen MR) is 41.6 cm³/mol. The van der Waals surface area contributed by atoms with Gasteiger partial charge in [0.25, 0.3) is 0 Å². The Hall–Kier alpha value is -0.156. The van der Waals surface area contributed by atoms with Crippen LogP contribution < -0.4 is 0 Å². The molecule has 0 N–H and O–H groups in total. The lowest BCUT2D eigenvalue weighted by Crippen LogP contribution is -2.58. The summed E-state index contributed by atoms with van der Waals surface area (Å²) in [5.41, 5.74) is 2.04. The molecule has 0 radical (unpaired) electrons. The zero-order chi connectivity index (χ0) is 7.61. The zero-order valence-electron chi connectivity index (χ0n) is 6.26. The van der Waals surface area contributed by atoms with Crippen molar-refractivity contribution in [3.8, 4) is 5.69 Å². The van der Waals surface area contributed by atoms with Gasteiger partial charge < -0.3 is 8.23 Å². The fourth-order valence-electron chi connectivity index (χ4n) is 1.09. The number of rotatable bonds is 2. The van der Waals surface area contributed by atoms with E-state index >= 15 is 0 Å². The Morgan fingerprint density at radius 3 is 2.60 bits per heavy atom. The van der Waals surface area contributed by atoms with E-state index in [1.165, 1.54) is 0 Å². The van der Waals surface area contributed by atoms with E-state index in [4.69, 9.17) is 13.5 Å². The van der Waals surface area contributed by atoms with Gasteiger partial charge in [-0.25, -0.2) is 5.26 Å². The summed E-state index contributed by atoms with van der Waals surface area (Å²) in [6, 6.07) is 1.03. The van der Waals surface area contributed by atoms with E-state index in [0.717, 1.165) is 12.5 Å². The molecular weight excluding hydrogens is 162 g/mol. The van der Waals surface area contributed by atoms with Crippen LogP contribution in [0.5, 0.6) is 0 Å². The van der Waals surface area contributed by atoms with Gasteiger partial charge in [-0.2, -0.15) is 0 Å². The minimum atomic E-state index is -1.77. The van der Waals surface area contributed by atoms with Crippen LogP contribution >= 0.6 is 0 Å². The largest absolute Gasteiger partial charge is 0.420 e. The minimum Gasteiger partial charge on any atom is -0.407 e. The van der Waals surface area contributed by atoms with E-state index in [-0.39, 0.29) is 0 Å². The first-order valence-corrected chi connectivity index (χ1v) is 7.50. The average Bonchev–Trinajstić information content (AvgIpc) is 1.83. The van der Waals surface area contributed by atoms with Crippen LogP contribution in [0.1, 0.15) is 13.3 Å². The summed E-state index contributed by atoms with van der Waals surface area (Å²) in [6.07, 6.45) is 1.09. The molecule has 1 aliphatic heterocycles. The van der Waals surface area contributed by atoms with E-state index in [0.29, 0.717) is 0 Å². The third kappa shape index (κ3) is 1.46. The summed E-state index contributed by atoms with van der Waals surface area (Å²) in [7, 11) is -3.51.